The molecule has 2 aromatic carbocycles. The van der Waals surface area contributed by atoms with Crippen LogP contribution in [0.3, 0.4) is 0 Å². The van der Waals surface area contributed by atoms with Crippen LogP contribution in [0.15, 0.2) is 48.5 Å². The van der Waals surface area contributed by atoms with Crippen LogP contribution >= 0.6 is 0 Å². The molecule has 0 aliphatic rings. The Kier molecular flexibility index (Phi) is 6.70. The van der Waals surface area contributed by atoms with E-state index >= 15 is 0 Å². The van der Waals surface area contributed by atoms with Crippen LogP contribution in [0.25, 0.3) is 0 Å². The van der Waals surface area contributed by atoms with Gasteiger partial charge < -0.3 is 10.5 Å². The van der Waals surface area contributed by atoms with Gasteiger partial charge in [0, 0.05) is 24.6 Å². The zero-order valence-corrected chi connectivity index (χ0v) is 14.0. The summed E-state index contributed by atoms with van der Waals surface area (Å²) in [5.74, 6) is -0.225. The molecule has 4 heteroatoms. The van der Waals surface area contributed by atoms with E-state index in [1.54, 1.807) is 0 Å². The average molecular weight is 325 g/mol. The first kappa shape index (κ1) is 17.9. The van der Waals surface area contributed by atoms with E-state index in [4.69, 9.17) is 10.5 Å². The van der Waals surface area contributed by atoms with Crippen LogP contribution in [0, 0.1) is 0 Å². The van der Waals surface area contributed by atoms with Gasteiger partial charge in [0.2, 0.25) is 0 Å². The second-order valence-corrected chi connectivity index (χ2v) is 5.72. The highest BCUT2D eigenvalue weighted by Gasteiger charge is 2.08. The standard InChI is InChI=1S/C20H23NO3/c1-15(22)24-13-3-2-4-16-5-9-18(10-6-16)20(23)19-11-7-17(14-21)8-12-19/h5-12H,2-4,13-14,21H2,1H3. The number of rotatable bonds is 8. The molecule has 2 aromatic rings. The van der Waals surface area contributed by atoms with Gasteiger partial charge in [-0.05, 0) is 30.4 Å². The van der Waals surface area contributed by atoms with E-state index in [1.165, 1.54) is 12.5 Å². The SMILES string of the molecule is CC(=O)OCCCCc1ccc(C(=O)c2ccc(CN)cc2)cc1. The Labute approximate surface area is 142 Å². The summed E-state index contributed by atoms with van der Waals surface area (Å²) in [6, 6.07) is 15.1. The second-order valence-electron chi connectivity index (χ2n) is 5.72. The number of ketones is 1. The summed E-state index contributed by atoms with van der Waals surface area (Å²) in [4.78, 5) is 23.1. The second kappa shape index (κ2) is 8.99. The summed E-state index contributed by atoms with van der Waals surface area (Å²) in [6.45, 7) is 2.35. The van der Waals surface area contributed by atoms with Crippen LogP contribution < -0.4 is 5.73 Å². The van der Waals surface area contributed by atoms with Gasteiger partial charge in [-0.3, -0.25) is 9.59 Å². The lowest BCUT2D eigenvalue weighted by molar-refractivity contribution is -0.141. The molecule has 0 aromatic heterocycles. The molecule has 0 fully saturated rings. The molecule has 24 heavy (non-hydrogen) atoms. The smallest absolute Gasteiger partial charge is 0.302 e. The summed E-state index contributed by atoms with van der Waals surface area (Å²) >= 11 is 0. The van der Waals surface area contributed by atoms with Crippen molar-refractivity contribution >= 4 is 11.8 Å². The zero-order chi connectivity index (χ0) is 17.4. The van der Waals surface area contributed by atoms with Crippen molar-refractivity contribution in [3.63, 3.8) is 0 Å². The van der Waals surface area contributed by atoms with Crippen LogP contribution in [0.1, 0.15) is 46.8 Å². The molecule has 0 saturated carbocycles. The number of nitrogens with two attached hydrogens (primary N) is 1. The number of esters is 1. The maximum absolute atomic E-state index is 12.4. The van der Waals surface area contributed by atoms with Gasteiger partial charge in [0.05, 0.1) is 6.61 Å². The van der Waals surface area contributed by atoms with Gasteiger partial charge in [-0.25, -0.2) is 0 Å². The molecule has 0 amide bonds. The quantitative estimate of drug-likeness (QED) is 0.459. The molecule has 0 heterocycles. The topological polar surface area (TPSA) is 69.4 Å². The van der Waals surface area contributed by atoms with Crippen LogP contribution in [0.4, 0.5) is 0 Å². The minimum atomic E-state index is -0.239. The lowest BCUT2D eigenvalue weighted by Gasteiger charge is -2.05. The summed E-state index contributed by atoms with van der Waals surface area (Å²) < 4.78 is 4.90. The molecule has 2 N–H and O–H groups in total. The molecular weight excluding hydrogens is 302 g/mol. The number of hydrogen-bond donors (Lipinski definition) is 1. The molecule has 4 nitrogen and oxygen atoms in total. The summed E-state index contributed by atoms with van der Waals surface area (Å²) in [5.41, 5.74) is 9.10. The summed E-state index contributed by atoms with van der Waals surface area (Å²) in [5, 5.41) is 0. The highest BCUT2D eigenvalue weighted by atomic mass is 16.5. The normalized spacial score (nSPS) is 10.4. The lowest BCUT2D eigenvalue weighted by atomic mass is 9.99. The van der Waals surface area contributed by atoms with E-state index in [9.17, 15) is 9.59 Å². The molecule has 2 rings (SSSR count). The Morgan fingerprint density at radius 3 is 1.92 bits per heavy atom. The van der Waals surface area contributed by atoms with Gasteiger partial charge in [0.15, 0.2) is 5.78 Å². The minimum Gasteiger partial charge on any atom is -0.466 e. The molecule has 0 aliphatic heterocycles. The van der Waals surface area contributed by atoms with Gasteiger partial charge in [-0.1, -0.05) is 48.5 Å². The van der Waals surface area contributed by atoms with Crippen molar-refractivity contribution in [3.8, 4) is 0 Å². The van der Waals surface area contributed by atoms with Crippen molar-refractivity contribution < 1.29 is 14.3 Å². The van der Waals surface area contributed by atoms with Crippen molar-refractivity contribution in [1.82, 2.24) is 0 Å². The maximum Gasteiger partial charge on any atom is 0.302 e. The van der Waals surface area contributed by atoms with E-state index < -0.39 is 0 Å². The van der Waals surface area contributed by atoms with Crippen molar-refractivity contribution in [1.29, 1.82) is 0 Å². The fraction of sp³-hybridized carbons (Fsp3) is 0.300. The van der Waals surface area contributed by atoms with E-state index in [2.05, 4.69) is 0 Å². The number of ether oxygens (including phenoxy) is 1. The summed E-state index contributed by atoms with van der Waals surface area (Å²) in [6.07, 6.45) is 2.69. The van der Waals surface area contributed by atoms with Gasteiger partial charge >= 0.3 is 5.97 Å². The van der Waals surface area contributed by atoms with Crippen molar-refractivity contribution in [2.45, 2.75) is 32.7 Å². The Hall–Kier alpha value is -2.46. The van der Waals surface area contributed by atoms with Crippen molar-refractivity contribution in [2.24, 2.45) is 5.73 Å². The molecule has 0 saturated heterocycles. The average Bonchev–Trinajstić information content (AvgIpc) is 2.61. The Morgan fingerprint density at radius 2 is 1.42 bits per heavy atom. The predicted octanol–water partition coefficient (Wildman–Crippen LogP) is 3.26. The number of hydrogen-bond acceptors (Lipinski definition) is 4. The van der Waals surface area contributed by atoms with Gasteiger partial charge in [-0.15, -0.1) is 0 Å². The third kappa shape index (κ3) is 5.32. The minimum absolute atomic E-state index is 0.0139. The van der Waals surface area contributed by atoms with E-state index in [-0.39, 0.29) is 11.8 Å². The van der Waals surface area contributed by atoms with Crippen LogP contribution in [-0.2, 0) is 22.5 Å². The lowest BCUT2D eigenvalue weighted by Crippen LogP contribution is -2.03. The first-order valence-corrected chi connectivity index (χ1v) is 8.16. The van der Waals surface area contributed by atoms with Gasteiger partial charge in [0.1, 0.15) is 0 Å². The number of benzene rings is 2. The van der Waals surface area contributed by atoms with Crippen molar-refractivity contribution in [3.05, 3.63) is 70.8 Å². The van der Waals surface area contributed by atoms with Crippen LogP contribution in [0.5, 0.6) is 0 Å². The van der Waals surface area contributed by atoms with Gasteiger partial charge in [0.25, 0.3) is 0 Å². The van der Waals surface area contributed by atoms with E-state index in [1.807, 2.05) is 48.5 Å². The van der Waals surface area contributed by atoms with Gasteiger partial charge in [-0.2, -0.15) is 0 Å². The third-order valence-corrected chi connectivity index (χ3v) is 3.83. The third-order valence-electron chi connectivity index (χ3n) is 3.83. The van der Waals surface area contributed by atoms with Crippen molar-refractivity contribution in [2.75, 3.05) is 6.61 Å². The Morgan fingerprint density at radius 1 is 0.875 bits per heavy atom. The first-order valence-electron chi connectivity index (χ1n) is 8.16. The summed E-state index contributed by atoms with van der Waals surface area (Å²) in [7, 11) is 0. The fourth-order valence-corrected chi connectivity index (χ4v) is 2.43. The van der Waals surface area contributed by atoms with Crippen LogP contribution in [-0.4, -0.2) is 18.4 Å². The molecule has 0 radical (unpaired) electrons. The number of unbranched alkanes of at least 4 members (excludes halogenated alkanes) is 1. The molecule has 0 bridgehead atoms. The highest BCUT2D eigenvalue weighted by molar-refractivity contribution is 6.08. The number of carbonyl (C=O) groups excluding carboxylic acids is 2. The van der Waals surface area contributed by atoms with E-state index in [0.717, 1.165) is 24.8 Å². The molecule has 126 valence electrons. The molecule has 0 spiro atoms. The first-order chi connectivity index (χ1) is 11.6. The zero-order valence-electron chi connectivity index (χ0n) is 14.0. The predicted molar refractivity (Wildman–Crippen MR) is 93.8 cm³/mol. The largest absolute Gasteiger partial charge is 0.466 e. The molecular formula is C20H23NO3. The maximum atomic E-state index is 12.4. The molecule has 0 unspecified atom stereocenters. The fourth-order valence-electron chi connectivity index (χ4n) is 2.43. The Bertz CT molecular complexity index is 675. The number of carbonyl (C=O) groups is 2. The monoisotopic (exact) mass is 325 g/mol. The molecule has 0 atom stereocenters. The number of aryl methyl sites for hydroxylation is 1. The van der Waals surface area contributed by atoms with Crippen LogP contribution in [0.2, 0.25) is 0 Å². The highest BCUT2D eigenvalue weighted by Crippen LogP contribution is 2.13. The van der Waals surface area contributed by atoms with E-state index in [0.29, 0.717) is 24.3 Å². The molecule has 0 aliphatic carbocycles. The Balaban J connectivity index is 1.88.